The molecule has 1 aromatic heterocycles. The number of aromatic nitrogens is 2. The van der Waals surface area contributed by atoms with Crippen LogP contribution in [0.1, 0.15) is 0 Å². The van der Waals surface area contributed by atoms with Gasteiger partial charge in [-0.2, -0.15) is 0 Å². The minimum atomic E-state index is -0.291. The van der Waals surface area contributed by atoms with Crippen molar-refractivity contribution >= 4 is 15.9 Å². The Morgan fingerprint density at radius 3 is 2.83 bits per heavy atom. The van der Waals surface area contributed by atoms with Crippen molar-refractivity contribution in [3.8, 4) is 17.4 Å². The molecule has 0 amide bonds. The molecule has 1 heterocycles. The second kappa shape index (κ2) is 5.22. The summed E-state index contributed by atoms with van der Waals surface area (Å²) < 4.78 is 12.6. The fourth-order valence-corrected chi connectivity index (χ4v) is 1.78. The highest BCUT2D eigenvalue weighted by Crippen LogP contribution is 2.31. The van der Waals surface area contributed by atoms with Crippen LogP contribution in [0.4, 0.5) is 0 Å². The van der Waals surface area contributed by atoms with Gasteiger partial charge in [-0.15, -0.1) is 0 Å². The van der Waals surface area contributed by atoms with Crippen LogP contribution < -0.4 is 15.0 Å². The lowest BCUT2D eigenvalue weighted by molar-refractivity contribution is 0.410. The summed E-state index contributed by atoms with van der Waals surface area (Å²) in [5.41, 5.74) is -0.291. The van der Waals surface area contributed by atoms with Gasteiger partial charge in [0.05, 0.1) is 11.6 Å². The Balaban J connectivity index is 2.34. The van der Waals surface area contributed by atoms with Crippen molar-refractivity contribution in [1.29, 1.82) is 0 Å². The highest BCUT2D eigenvalue weighted by atomic mass is 79.9. The number of hydrogen-bond acceptors (Lipinski definition) is 4. The van der Waals surface area contributed by atoms with Gasteiger partial charge in [0.2, 0.25) is 0 Å². The third-order valence-corrected chi connectivity index (χ3v) is 2.95. The van der Waals surface area contributed by atoms with Gasteiger partial charge in [-0.25, -0.2) is 4.98 Å². The number of methoxy groups -OCH3 is 1. The fourth-order valence-electron chi connectivity index (χ4n) is 1.34. The molecule has 0 radical (unpaired) electrons. The highest BCUT2D eigenvalue weighted by molar-refractivity contribution is 9.10. The summed E-state index contributed by atoms with van der Waals surface area (Å²) in [6, 6.07) is 5.20. The van der Waals surface area contributed by atoms with Crippen LogP contribution in [0.5, 0.6) is 17.4 Å². The van der Waals surface area contributed by atoms with Crippen molar-refractivity contribution in [3.63, 3.8) is 0 Å². The lowest BCUT2D eigenvalue weighted by Crippen LogP contribution is -2.18. The maximum atomic E-state index is 11.7. The van der Waals surface area contributed by atoms with E-state index in [1.807, 2.05) is 0 Å². The van der Waals surface area contributed by atoms with Gasteiger partial charge in [0.15, 0.2) is 0 Å². The molecule has 2 rings (SSSR count). The van der Waals surface area contributed by atoms with Gasteiger partial charge in [-0.1, -0.05) is 0 Å². The number of nitrogens with zero attached hydrogens (tertiary/aromatic N) is 2. The molecule has 0 aliphatic carbocycles. The summed E-state index contributed by atoms with van der Waals surface area (Å²) in [5, 5.41) is 0. The highest BCUT2D eigenvalue weighted by Gasteiger charge is 2.09. The molecule has 0 saturated carbocycles. The van der Waals surface area contributed by atoms with Crippen LogP contribution in [-0.4, -0.2) is 16.7 Å². The minimum absolute atomic E-state index is 0.0332. The first-order valence-electron chi connectivity index (χ1n) is 5.15. The van der Waals surface area contributed by atoms with E-state index < -0.39 is 0 Å². The Hall–Kier alpha value is -1.82. The molecule has 6 heteroatoms. The zero-order valence-electron chi connectivity index (χ0n) is 9.88. The van der Waals surface area contributed by atoms with E-state index >= 15 is 0 Å². The van der Waals surface area contributed by atoms with Crippen molar-refractivity contribution in [1.82, 2.24) is 9.55 Å². The summed E-state index contributed by atoms with van der Waals surface area (Å²) in [5.74, 6) is 1.24. The average Bonchev–Trinajstić information content (AvgIpc) is 2.37. The van der Waals surface area contributed by atoms with Gasteiger partial charge in [-0.3, -0.25) is 4.79 Å². The third-order valence-electron chi connectivity index (χ3n) is 2.33. The first-order chi connectivity index (χ1) is 8.61. The Labute approximate surface area is 112 Å². The fraction of sp³-hybridized carbons (Fsp3) is 0.167. The van der Waals surface area contributed by atoms with Crippen molar-refractivity contribution in [3.05, 3.63) is 45.4 Å². The summed E-state index contributed by atoms with van der Waals surface area (Å²) >= 11 is 3.35. The van der Waals surface area contributed by atoms with Crippen LogP contribution in [-0.2, 0) is 7.05 Å². The van der Waals surface area contributed by atoms with E-state index in [1.165, 1.54) is 10.8 Å². The summed E-state index contributed by atoms with van der Waals surface area (Å²) in [4.78, 5) is 15.7. The Morgan fingerprint density at radius 1 is 1.39 bits per heavy atom. The molecule has 0 saturated heterocycles. The van der Waals surface area contributed by atoms with Crippen LogP contribution in [0, 0.1) is 0 Å². The maximum absolute atomic E-state index is 11.7. The largest absolute Gasteiger partial charge is 0.497 e. The molecular formula is C12H11BrN2O3. The third kappa shape index (κ3) is 2.53. The zero-order valence-corrected chi connectivity index (χ0v) is 11.5. The first kappa shape index (κ1) is 12.6. The summed E-state index contributed by atoms with van der Waals surface area (Å²) in [7, 11) is 3.22. The molecule has 0 unspecified atom stereocenters. The Kier molecular flexibility index (Phi) is 3.66. The van der Waals surface area contributed by atoms with Crippen LogP contribution in [0.2, 0.25) is 0 Å². The molecule has 0 bridgehead atoms. The molecule has 0 spiro atoms. The molecule has 5 nitrogen and oxygen atoms in total. The number of aryl methyl sites for hydroxylation is 1. The number of hydrogen-bond donors (Lipinski definition) is 0. The molecule has 0 atom stereocenters. The molecule has 0 fully saturated rings. The van der Waals surface area contributed by atoms with E-state index in [0.717, 1.165) is 0 Å². The number of rotatable bonds is 3. The molecule has 94 valence electrons. The minimum Gasteiger partial charge on any atom is -0.497 e. The average molecular weight is 311 g/mol. The molecule has 0 N–H and O–H groups in total. The molecule has 0 aliphatic rings. The van der Waals surface area contributed by atoms with Crippen molar-refractivity contribution in [2.75, 3.05) is 7.11 Å². The molecular weight excluding hydrogens is 300 g/mol. The monoisotopic (exact) mass is 310 g/mol. The lowest BCUT2D eigenvalue weighted by Gasteiger charge is -2.08. The van der Waals surface area contributed by atoms with E-state index in [2.05, 4.69) is 20.9 Å². The van der Waals surface area contributed by atoms with Gasteiger partial charge in [0.25, 0.3) is 5.88 Å². The van der Waals surface area contributed by atoms with E-state index in [4.69, 9.17) is 9.47 Å². The van der Waals surface area contributed by atoms with E-state index in [1.54, 1.807) is 38.6 Å². The normalized spacial score (nSPS) is 10.2. The molecule has 2 aromatic rings. The lowest BCUT2D eigenvalue weighted by atomic mass is 10.3. The molecule has 1 aromatic carbocycles. The van der Waals surface area contributed by atoms with Crippen molar-refractivity contribution in [2.24, 2.45) is 7.05 Å². The van der Waals surface area contributed by atoms with Crippen LogP contribution in [0.15, 0.2) is 39.9 Å². The van der Waals surface area contributed by atoms with E-state index in [9.17, 15) is 4.79 Å². The Morgan fingerprint density at radius 2 is 2.17 bits per heavy atom. The standard InChI is InChI=1S/C12H11BrN2O3/c1-15-6-5-14-11(12(15)16)18-10-4-3-8(17-2)7-9(10)13/h3-7H,1-2H3. The summed E-state index contributed by atoms with van der Waals surface area (Å²) in [6.07, 6.45) is 3.08. The molecule has 18 heavy (non-hydrogen) atoms. The van der Waals surface area contributed by atoms with Crippen molar-refractivity contribution < 1.29 is 9.47 Å². The van der Waals surface area contributed by atoms with Crippen LogP contribution >= 0.6 is 15.9 Å². The number of benzene rings is 1. The van der Waals surface area contributed by atoms with E-state index in [0.29, 0.717) is 16.0 Å². The topological polar surface area (TPSA) is 53.4 Å². The van der Waals surface area contributed by atoms with E-state index in [-0.39, 0.29) is 11.4 Å². The quantitative estimate of drug-likeness (QED) is 0.873. The predicted molar refractivity (Wildman–Crippen MR) is 70.2 cm³/mol. The second-order valence-electron chi connectivity index (χ2n) is 3.55. The van der Waals surface area contributed by atoms with Crippen LogP contribution in [0.25, 0.3) is 0 Å². The van der Waals surface area contributed by atoms with Crippen LogP contribution in [0.3, 0.4) is 0 Å². The first-order valence-corrected chi connectivity index (χ1v) is 5.94. The smallest absolute Gasteiger partial charge is 0.313 e. The number of halogens is 1. The Bertz CT molecular complexity index is 625. The second-order valence-corrected chi connectivity index (χ2v) is 4.40. The van der Waals surface area contributed by atoms with Gasteiger partial charge >= 0.3 is 5.56 Å². The molecule has 0 aliphatic heterocycles. The van der Waals surface area contributed by atoms with Crippen molar-refractivity contribution in [2.45, 2.75) is 0 Å². The van der Waals surface area contributed by atoms with Gasteiger partial charge in [0, 0.05) is 19.4 Å². The summed E-state index contributed by atoms with van der Waals surface area (Å²) in [6.45, 7) is 0. The van der Waals surface area contributed by atoms with Gasteiger partial charge in [-0.05, 0) is 34.1 Å². The SMILES string of the molecule is COc1ccc(Oc2nccn(C)c2=O)c(Br)c1. The zero-order chi connectivity index (χ0) is 13.1. The maximum Gasteiger partial charge on any atom is 0.313 e. The predicted octanol–water partition coefficient (Wildman–Crippen LogP) is 2.34. The number of ether oxygens (including phenoxy) is 2. The van der Waals surface area contributed by atoms with Gasteiger partial charge in [0.1, 0.15) is 11.5 Å². The van der Waals surface area contributed by atoms with Gasteiger partial charge < -0.3 is 14.0 Å².